The molecule has 0 atom stereocenters. The first-order valence-electron chi connectivity index (χ1n) is 16.3. The van der Waals surface area contributed by atoms with E-state index in [4.69, 9.17) is 8.83 Å². The Balaban J connectivity index is 1.06. The number of hydrogen-bond donors (Lipinski definition) is 0. The fourth-order valence-electron chi connectivity index (χ4n) is 6.79. The molecule has 7 aromatic carbocycles. The Hall–Kier alpha value is -7.59. The average Bonchev–Trinajstić information content (AvgIpc) is 3.75. The molecular formula is C45H24N4O2. The van der Waals surface area contributed by atoms with E-state index in [1.165, 1.54) is 0 Å². The van der Waals surface area contributed by atoms with E-state index in [-0.39, 0.29) is 0 Å². The van der Waals surface area contributed by atoms with Crippen molar-refractivity contribution < 1.29 is 8.83 Å². The molecule has 51 heavy (non-hydrogen) atoms. The molecule has 2 aromatic heterocycles. The van der Waals surface area contributed by atoms with Gasteiger partial charge in [0.15, 0.2) is 0 Å². The predicted octanol–water partition coefficient (Wildman–Crippen LogP) is 11.9. The maximum Gasteiger partial charge on any atom is 0.136 e. The van der Waals surface area contributed by atoms with Crippen LogP contribution in [0.4, 0.5) is 17.1 Å². The van der Waals surface area contributed by atoms with E-state index < -0.39 is 0 Å². The molecule has 0 bridgehead atoms. The molecule has 0 N–H and O–H groups in total. The zero-order valence-electron chi connectivity index (χ0n) is 27.0. The molecule has 0 fully saturated rings. The molecule has 0 saturated heterocycles. The van der Waals surface area contributed by atoms with Crippen molar-refractivity contribution in [1.29, 1.82) is 15.8 Å². The molecule has 0 saturated carbocycles. The van der Waals surface area contributed by atoms with Gasteiger partial charge in [-0.2, -0.15) is 15.8 Å². The Morgan fingerprint density at radius 3 is 1.04 bits per heavy atom. The third-order valence-electron chi connectivity index (χ3n) is 9.38. The topological polar surface area (TPSA) is 101 Å². The molecule has 0 aliphatic carbocycles. The quantitative estimate of drug-likeness (QED) is 0.183. The van der Waals surface area contributed by atoms with Crippen LogP contribution in [0.2, 0.25) is 0 Å². The molecule has 9 aromatic rings. The van der Waals surface area contributed by atoms with Crippen LogP contribution in [0.25, 0.3) is 66.1 Å². The summed E-state index contributed by atoms with van der Waals surface area (Å²) < 4.78 is 12.3. The largest absolute Gasteiger partial charge is 0.456 e. The highest BCUT2D eigenvalue weighted by Crippen LogP contribution is 2.39. The van der Waals surface area contributed by atoms with Crippen molar-refractivity contribution in [2.24, 2.45) is 0 Å². The van der Waals surface area contributed by atoms with Gasteiger partial charge in [-0.3, -0.25) is 0 Å². The lowest BCUT2D eigenvalue weighted by molar-refractivity contribution is 0.668. The maximum atomic E-state index is 9.44. The van der Waals surface area contributed by atoms with Gasteiger partial charge >= 0.3 is 0 Å². The van der Waals surface area contributed by atoms with Gasteiger partial charge in [0, 0.05) is 38.6 Å². The Labute approximate surface area is 292 Å². The molecule has 0 unspecified atom stereocenters. The van der Waals surface area contributed by atoms with Crippen LogP contribution in [0, 0.1) is 34.0 Å². The molecular weight excluding hydrogens is 629 g/mol. The predicted molar refractivity (Wildman–Crippen MR) is 201 cm³/mol. The fraction of sp³-hybridized carbons (Fsp3) is 0. The summed E-state index contributed by atoms with van der Waals surface area (Å²) in [5.74, 6) is 0. The van der Waals surface area contributed by atoms with Crippen molar-refractivity contribution in [2.75, 3.05) is 4.90 Å². The number of furan rings is 2. The molecule has 0 aliphatic rings. The smallest absolute Gasteiger partial charge is 0.136 e. The SMILES string of the molecule is N#Cc1ccc(N(c2ccc(-c3ccc4c(c3)oc3cc(C#N)ccc34)cc2)c2ccc(-c3ccc4c(c3)oc3cc(C#N)ccc34)cc2)cc1. The summed E-state index contributed by atoms with van der Waals surface area (Å²) >= 11 is 0. The highest BCUT2D eigenvalue weighted by Gasteiger charge is 2.15. The van der Waals surface area contributed by atoms with Gasteiger partial charge < -0.3 is 13.7 Å². The van der Waals surface area contributed by atoms with Crippen LogP contribution in [-0.4, -0.2) is 0 Å². The molecule has 6 nitrogen and oxygen atoms in total. The summed E-state index contributed by atoms with van der Waals surface area (Å²) in [5, 5.41) is 32.0. The van der Waals surface area contributed by atoms with Crippen molar-refractivity contribution in [3.63, 3.8) is 0 Å². The first-order chi connectivity index (χ1) is 25.1. The van der Waals surface area contributed by atoms with Crippen LogP contribution in [0.15, 0.2) is 154 Å². The zero-order chi connectivity index (χ0) is 34.5. The fourth-order valence-corrected chi connectivity index (χ4v) is 6.79. The lowest BCUT2D eigenvalue weighted by atomic mass is 10.0. The van der Waals surface area contributed by atoms with Crippen LogP contribution in [-0.2, 0) is 0 Å². The van der Waals surface area contributed by atoms with E-state index >= 15 is 0 Å². The highest BCUT2D eigenvalue weighted by atomic mass is 16.3. The Morgan fingerprint density at radius 1 is 0.333 bits per heavy atom. The number of fused-ring (bicyclic) bond motifs is 6. The first kappa shape index (κ1) is 29.5. The van der Waals surface area contributed by atoms with Crippen molar-refractivity contribution in [1.82, 2.24) is 0 Å². The second-order valence-electron chi connectivity index (χ2n) is 12.4. The van der Waals surface area contributed by atoms with Crippen molar-refractivity contribution >= 4 is 60.9 Å². The van der Waals surface area contributed by atoms with E-state index in [0.717, 1.165) is 72.0 Å². The Kier molecular flexibility index (Phi) is 6.85. The molecule has 0 radical (unpaired) electrons. The third-order valence-corrected chi connectivity index (χ3v) is 9.38. The average molecular weight is 653 g/mol. The molecule has 0 spiro atoms. The van der Waals surface area contributed by atoms with Crippen LogP contribution in [0.1, 0.15) is 16.7 Å². The molecule has 2 heterocycles. The molecule has 0 aliphatic heterocycles. The summed E-state index contributed by atoms with van der Waals surface area (Å²) in [6, 6.07) is 54.4. The first-order valence-corrected chi connectivity index (χ1v) is 16.3. The van der Waals surface area contributed by atoms with Gasteiger partial charge in [-0.15, -0.1) is 0 Å². The third kappa shape index (κ3) is 5.11. The van der Waals surface area contributed by atoms with Gasteiger partial charge in [0.25, 0.3) is 0 Å². The van der Waals surface area contributed by atoms with Gasteiger partial charge in [0.2, 0.25) is 0 Å². The van der Waals surface area contributed by atoms with Gasteiger partial charge in [-0.1, -0.05) is 36.4 Å². The van der Waals surface area contributed by atoms with Gasteiger partial charge in [-0.25, -0.2) is 0 Å². The Morgan fingerprint density at radius 2 is 0.647 bits per heavy atom. The summed E-state index contributed by atoms with van der Waals surface area (Å²) in [7, 11) is 0. The van der Waals surface area contributed by atoms with E-state index in [9.17, 15) is 15.8 Å². The van der Waals surface area contributed by atoms with Crippen LogP contribution in [0.3, 0.4) is 0 Å². The minimum absolute atomic E-state index is 0.569. The number of anilines is 3. The minimum atomic E-state index is 0.569. The minimum Gasteiger partial charge on any atom is -0.456 e. The van der Waals surface area contributed by atoms with E-state index in [2.05, 4.69) is 95.9 Å². The lowest BCUT2D eigenvalue weighted by Crippen LogP contribution is -2.09. The summed E-state index contributed by atoms with van der Waals surface area (Å²) in [4.78, 5) is 2.17. The second-order valence-corrected chi connectivity index (χ2v) is 12.4. The van der Waals surface area contributed by atoms with Gasteiger partial charge in [0.05, 0.1) is 34.9 Å². The number of rotatable bonds is 5. The zero-order valence-corrected chi connectivity index (χ0v) is 27.0. The number of nitrogens with zero attached hydrogens (tertiary/aromatic N) is 4. The molecule has 236 valence electrons. The van der Waals surface area contributed by atoms with Crippen LogP contribution < -0.4 is 4.90 Å². The summed E-state index contributed by atoms with van der Waals surface area (Å²) in [6.45, 7) is 0. The van der Waals surface area contributed by atoms with E-state index in [0.29, 0.717) is 27.9 Å². The lowest BCUT2D eigenvalue weighted by Gasteiger charge is -2.26. The maximum absolute atomic E-state index is 9.44. The van der Waals surface area contributed by atoms with E-state index in [1.54, 1.807) is 12.1 Å². The Bertz CT molecular complexity index is 2760. The van der Waals surface area contributed by atoms with Gasteiger partial charge in [-0.05, 0) is 131 Å². The van der Waals surface area contributed by atoms with E-state index in [1.807, 2.05) is 60.7 Å². The number of nitriles is 3. The molecule has 6 heteroatoms. The second kappa shape index (κ2) is 11.8. The van der Waals surface area contributed by atoms with Crippen LogP contribution >= 0.6 is 0 Å². The van der Waals surface area contributed by atoms with Crippen molar-refractivity contribution in [3.05, 3.63) is 162 Å². The standard InChI is InChI=1S/C45H24N4O2/c46-25-28-1-11-35(12-2-28)49(36-13-5-31(6-14-36)33-9-19-40-38-17-3-29(26-47)21-42(38)50-44(40)23-33)37-15-7-32(8-16-37)34-10-20-41-39-18-4-30(27-48)22-43(39)51-45(41)24-34/h1-24H. The normalized spacial score (nSPS) is 11.1. The monoisotopic (exact) mass is 652 g/mol. The van der Waals surface area contributed by atoms with Crippen molar-refractivity contribution in [2.45, 2.75) is 0 Å². The van der Waals surface area contributed by atoms with Gasteiger partial charge in [0.1, 0.15) is 22.3 Å². The van der Waals surface area contributed by atoms with Crippen LogP contribution in [0.5, 0.6) is 0 Å². The number of benzene rings is 7. The summed E-state index contributed by atoms with van der Waals surface area (Å²) in [5.41, 5.74) is 11.7. The highest BCUT2D eigenvalue weighted by molar-refractivity contribution is 6.07. The summed E-state index contributed by atoms with van der Waals surface area (Å²) in [6.07, 6.45) is 0. The molecule has 0 amide bonds. The number of hydrogen-bond acceptors (Lipinski definition) is 6. The van der Waals surface area contributed by atoms with Crippen molar-refractivity contribution in [3.8, 4) is 40.5 Å². The molecule has 9 rings (SSSR count).